The van der Waals surface area contributed by atoms with Crippen molar-refractivity contribution in [2.24, 2.45) is 11.8 Å². The summed E-state index contributed by atoms with van der Waals surface area (Å²) in [5, 5.41) is 16.2. The van der Waals surface area contributed by atoms with Crippen LogP contribution in [0.4, 0.5) is 4.79 Å². The Kier molecular flexibility index (Phi) is 5.64. The molecule has 0 saturated carbocycles. The summed E-state index contributed by atoms with van der Waals surface area (Å²) in [5.74, 6) is -1.46. The molecule has 0 spiro atoms. The Morgan fingerprint density at radius 1 is 1.39 bits per heavy atom. The van der Waals surface area contributed by atoms with Gasteiger partial charge in [-0.1, -0.05) is 19.9 Å². The minimum atomic E-state index is -0.886. The molecule has 6 heteroatoms. The monoisotopic (exact) mass is 270 g/mol. The molecule has 2 amide bonds. The number of carbonyl (C=O) groups is 2. The zero-order valence-corrected chi connectivity index (χ0v) is 11.3. The van der Waals surface area contributed by atoms with Gasteiger partial charge in [-0.05, 0) is 17.4 Å². The van der Waals surface area contributed by atoms with Gasteiger partial charge in [-0.2, -0.15) is 0 Å². The van der Waals surface area contributed by atoms with Gasteiger partial charge in [-0.3, -0.25) is 4.79 Å². The predicted molar refractivity (Wildman–Crippen MR) is 70.5 cm³/mol. The molecule has 0 aliphatic carbocycles. The number of carboxylic acid groups (broad SMARTS) is 1. The molecule has 0 aliphatic rings. The topological polar surface area (TPSA) is 78.4 Å². The molecule has 3 N–H and O–H groups in total. The predicted octanol–water partition coefficient (Wildman–Crippen LogP) is 1.90. The van der Waals surface area contributed by atoms with Crippen LogP contribution in [-0.2, 0) is 11.3 Å². The van der Waals surface area contributed by atoms with E-state index in [4.69, 9.17) is 5.11 Å². The molecule has 0 bridgehead atoms. The number of carboxylic acids is 1. The maximum atomic E-state index is 11.5. The van der Waals surface area contributed by atoms with Gasteiger partial charge in [0.2, 0.25) is 0 Å². The highest BCUT2D eigenvalue weighted by Gasteiger charge is 2.21. The number of amides is 2. The SMILES string of the molecule is CC(C)C(CNC(=O)NCc1cccs1)C(=O)O. The fraction of sp³-hybridized carbons (Fsp3) is 0.500. The van der Waals surface area contributed by atoms with Crippen LogP contribution < -0.4 is 10.6 Å². The number of hydrogen-bond acceptors (Lipinski definition) is 3. The minimum absolute atomic E-state index is 0.0138. The average molecular weight is 270 g/mol. The first-order valence-corrected chi connectivity index (χ1v) is 6.65. The molecule has 0 radical (unpaired) electrons. The summed E-state index contributed by atoms with van der Waals surface area (Å²) in [7, 11) is 0. The van der Waals surface area contributed by atoms with E-state index >= 15 is 0 Å². The van der Waals surface area contributed by atoms with Crippen molar-refractivity contribution in [1.29, 1.82) is 0 Å². The van der Waals surface area contributed by atoms with Crippen molar-refractivity contribution in [1.82, 2.24) is 10.6 Å². The van der Waals surface area contributed by atoms with E-state index in [-0.39, 0.29) is 18.5 Å². The first-order chi connectivity index (χ1) is 8.50. The normalized spacial score (nSPS) is 12.2. The van der Waals surface area contributed by atoms with E-state index in [2.05, 4.69) is 10.6 Å². The lowest BCUT2D eigenvalue weighted by Gasteiger charge is -2.16. The summed E-state index contributed by atoms with van der Waals surface area (Å²) < 4.78 is 0. The molecule has 1 heterocycles. The molecule has 1 aromatic heterocycles. The number of thiophene rings is 1. The number of carbonyl (C=O) groups excluding carboxylic acids is 1. The van der Waals surface area contributed by atoms with Crippen LogP contribution in [-0.4, -0.2) is 23.7 Å². The molecule has 100 valence electrons. The lowest BCUT2D eigenvalue weighted by molar-refractivity contribution is -0.142. The van der Waals surface area contributed by atoms with Crippen LogP contribution >= 0.6 is 11.3 Å². The van der Waals surface area contributed by atoms with E-state index in [1.807, 2.05) is 31.4 Å². The Labute approximate surface area is 110 Å². The summed E-state index contributed by atoms with van der Waals surface area (Å²) in [5.41, 5.74) is 0. The zero-order valence-electron chi connectivity index (χ0n) is 10.5. The molecule has 18 heavy (non-hydrogen) atoms. The average Bonchev–Trinajstić information content (AvgIpc) is 2.78. The lowest BCUT2D eigenvalue weighted by atomic mass is 9.96. The van der Waals surface area contributed by atoms with Crippen molar-refractivity contribution < 1.29 is 14.7 Å². The third-order valence-electron chi connectivity index (χ3n) is 2.61. The first kappa shape index (κ1) is 14.5. The smallest absolute Gasteiger partial charge is 0.315 e. The first-order valence-electron chi connectivity index (χ1n) is 5.77. The quantitative estimate of drug-likeness (QED) is 0.738. The van der Waals surface area contributed by atoms with Crippen molar-refractivity contribution in [2.75, 3.05) is 6.54 Å². The van der Waals surface area contributed by atoms with Crippen LogP contribution in [0.2, 0.25) is 0 Å². The minimum Gasteiger partial charge on any atom is -0.481 e. The van der Waals surface area contributed by atoms with Crippen LogP contribution in [0.3, 0.4) is 0 Å². The van der Waals surface area contributed by atoms with Gasteiger partial charge in [0.15, 0.2) is 0 Å². The van der Waals surface area contributed by atoms with Gasteiger partial charge in [-0.25, -0.2) is 4.79 Å². The highest BCUT2D eigenvalue weighted by Crippen LogP contribution is 2.10. The van der Waals surface area contributed by atoms with Crippen LogP contribution in [0.5, 0.6) is 0 Å². The standard InChI is InChI=1S/C12H18N2O3S/c1-8(2)10(11(15)16)7-14-12(17)13-6-9-4-3-5-18-9/h3-5,8,10H,6-7H2,1-2H3,(H,15,16)(H2,13,14,17). The van der Waals surface area contributed by atoms with E-state index in [9.17, 15) is 9.59 Å². The molecule has 1 rings (SSSR count). The molecule has 0 aromatic carbocycles. The molecule has 0 aliphatic heterocycles. The number of nitrogens with one attached hydrogen (secondary N) is 2. The van der Waals surface area contributed by atoms with Crippen molar-refractivity contribution in [2.45, 2.75) is 20.4 Å². The number of hydrogen-bond donors (Lipinski definition) is 3. The number of aliphatic carboxylic acids is 1. The molecular weight excluding hydrogens is 252 g/mol. The summed E-state index contributed by atoms with van der Waals surface area (Å²) in [6.07, 6.45) is 0. The molecule has 1 atom stereocenters. The molecule has 1 aromatic rings. The maximum absolute atomic E-state index is 11.5. The Bertz CT molecular complexity index is 390. The number of urea groups is 1. The highest BCUT2D eigenvalue weighted by atomic mass is 32.1. The van der Waals surface area contributed by atoms with Gasteiger partial charge in [0, 0.05) is 11.4 Å². The van der Waals surface area contributed by atoms with Crippen molar-refractivity contribution in [3.05, 3.63) is 22.4 Å². The maximum Gasteiger partial charge on any atom is 0.315 e. The summed E-state index contributed by atoms with van der Waals surface area (Å²) in [6, 6.07) is 3.51. The van der Waals surface area contributed by atoms with Gasteiger partial charge in [0.25, 0.3) is 0 Å². The fourth-order valence-corrected chi connectivity index (χ4v) is 2.10. The summed E-state index contributed by atoms with van der Waals surface area (Å²) in [4.78, 5) is 23.5. The Morgan fingerprint density at radius 3 is 2.61 bits per heavy atom. The highest BCUT2D eigenvalue weighted by molar-refractivity contribution is 7.09. The summed E-state index contributed by atoms with van der Waals surface area (Å²) in [6.45, 7) is 4.25. The molecular formula is C12H18N2O3S. The van der Waals surface area contributed by atoms with Gasteiger partial charge in [0.05, 0.1) is 12.5 Å². The van der Waals surface area contributed by atoms with Gasteiger partial charge in [0.1, 0.15) is 0 Å². The zero-order chi connectivity index (χ0) is 13.5. The van der Waals surface area contributed by atoms with Crippen molar-refractivity contribution >= 4 is 23.3 Å². The molecule has 0 fully saturated rings. The third kappa shape index (κ3) is 4.75. The van der Waals surface area contributed by atoms with E-state index in [1.165, 1.54) is 0 Å². The second-order valence-corrected chi connectivity index (χ2v) is 5.36. The van der Waals surface area contributed by atoms with Crippen LogP contribution in [0.1, 0.15) is 18.7 Å². The largest absolute Gasteiger partial charge is 0.481 e. The van der Waals surface area contributed by atoms with Crippen LogP contribution in [0.15, 0.2) is 17.5 Å². The van der Waals surface area contributed by atoms with E-state index in [0.717, 1.165) is 4.88 Å². The Morgan fingerprint density at radius 2 is 2.11 bits per heavy atom. The van der Waals surface area contributed by atoms with Crippen LogP contribution in [0.25, 0.3) is 0 Å². The summed E-state index contributed by atoms with van der Waals surface area (Å²) >= 11 is 1.56. The van der Waals surface area contributed by atoms with Crippen molar-refractivity contribution in [3.63, 3.8) is 0 Å². The molecule has 1 unspecified atom stereocenters. The number of rotatable bonds is 6. The van der Waals surface area contributed by atoms with Gasteiger partial charge < -0.3 is 15.7 Å². The van der Waals surface area contributed by atoms with E-state index in [1.54, 1.807) is 11.3 Å². The van der Waals surface area contributed by atoms with E-state index < -0.39 is 11.9 Å². The molecule has 5 nitrogen and oxygen atoms in total. The van der Waals surface area contributed by atoms with E-state index in [0.29, 0.717) is 6.54 Å². The van der Waals surface area contributed by atoms with Crippen molar-refractivity contribution in [3.8, 4) is 0 Å². The lowest BCUT2D eigenvalue weighted by Crippen LogP contribution is -2.40. The Balaban J connectivity index is 2.29. The Hall–Kier alpha value is -1.56. The second-order valence-electron chi connectivity index (χ2n) is 4.33. The second kappa shape index (κ2) is 7.00. The third-order valence-corrected chi connectivity index (χ3v) is 3.48. The fourth-order valence-electron chi connectivity index (χ4n) is 1.45. The van der Waals surface area contributed by atoms with Gasteiger partial charge in [-0.15, -0.1) is 11.3 Å². The van der Waals surface area contributed by atoms with Crippen LogP contribution in [0, 0.1) is 11.8 Å². The van der Waals surface area contributed by atoms with Gasteiger partial charge >= 0.3 is 12.0 Å². The molecule has 0 saturated heterocycles.